The van der Waals surface area contributed by atoms with Crippen molar-refractivity contribution in [3.63, 3.8) is 0 Å². The first-order chi connectivity index (χ1) is 18.8. The molecule has 202 valence electrons. The third-order valence-corrected chi connectivity index (χ3v) is 7.13. The lowest BCUT2D eigenvalue weighted by molar-refractivity contribution is 0.0743. The van der Waals surface area contributed by atoms with Gasteiger partial charge < -0.3 is 4.74 Å². The number of hydrogen-bond donors (Lipinski definition) is 1. The normalized spacial score (nSPS) is 13.9. The third-order valence-electron chi connectivity index (χ3n) is 6.59. The van der Waals surface area contributed by atoms with Crippen LogP contribution in [0.15, 0.2) is 60.7 Å². The fourth-order valence-corrected chi connectivity index (χ4v) is 5.13. The highest BCUT2D eigenvalue weighted by Gasteiger charge is 2.26. The van der Waals surface area contributed by atoms with Crippen molar-refractivity contribution < 1.29 is 18.3 Å². The molecule has 1 N–H and O–H groups in total. The average Bonchev–Trinajstić information content (AvgIpc) is 3.26. The number of carbonyl (C=O) groups is 1. The van der Waals surface area contributed by atoms with Gasteiger partial charge in [0.05, 0.1) is 16.4 Å². The van der Waals surface area contributed by atoms with E-state index in [-0.39, 0.29) is 22.9 Å². The Labute approximate surface area is 235 Å². The minimum atomic E-state index is -0.880. The number of hydrazine groups is 1. The van der Waals surface area contributed by atoms with Gasteiger partial charge in [0.15, 0.2) is 23.1 Å². The summed E-state index contributed by atoms with van der Waals surface area (Å²) in [5.74, 6) is -2.66. The van der Waals surface area contributed by atoms with Crippen LogP contribution in [0.4, 0.5) is 8.78 Å². The van der Waals surface area contributed by atoms with E-state index in [1.807, 2.05) is 23.2 Å². The molecule has 1 aliphatic rings. The zero-order chi connectivity index (χ0) is 27.5. The molecule has 39 heavy (non-hydrogen) atoms. The third kappa shape index (κ3) is 5.93. The molecular weight excluding hydrogens is 545 g/mol. The lowest BCUT2D eigenvalue weighted by Crippen LogP contribution is -2.45. The lowest BCUT2D eigenvalue weighted by Gasteiger charge is -2.26. The molecule has 0 bridgehead atoms. The Kier molecular flexibility index (Phi) is 8.16. The number of nitrogens with one attached hydrogen (secondary N) is 1. The van der Waals surface area contributed by atoms with Crippen LogP contribution in [-0.4, -0.2) is 33.8 Å². The smallest absolute Gasteiger partial charge is 0.286 e. The molecule has 0 aliphatic carbocycles. The van der Waals surface area contributed by atoms with Crippen molar-refractivity contribution in [2.75, 3.05) is 13.1 Å². The van der Waals surface area contributed by atoms with Crippen molar-refractivity contribution in [3.05, 3.63) is 99.2 Å². The predicted molar refractivity (Wildman–Crippen MR) is 147 cm³/mol. The maximum Gasteiger partial charge on any atom is 0.286 e. The summed E-state index contributed by atoms with van der Waals surface area (Å²) in [7, 11) is 0. The molecule has 4 aromatic rings. The van der Waals surface area contributed by atoms with Gasteiger partial charge in [-0.1, -0.05) is 60.0 Å². The van der Waals surface area contributed by atoms with Crippen molar-refractivity contribution in [1.82, 2.24) is 20.2 Å². The summed E-state index contributed by atoms with van der Waals surface area (Å²) in [5, 5.41) is 7.08. The van der Waals surface area contributed by atoms with Crippen LogP contribution in [0.1, 0.15) is 40.9 Å². The molecule has 6 nitrogen and oxygen atoms in total. The number of rotatable bonds is 7. The van der Waals surface area contributed by atoms with Gasteiger partial charge in [-0.2, -0.15) is 5.10 Å². The zero-order valence-corrected chi connectivity index (χ0v) is 22.7. The SMILES string of the molecule is Cc1c(C(=O)NN2CCCCC2)nn(-c2ccc(Cl)cc2Cl)c1-c1cc(F)c(OCc2ccccc2)c(F)c1. The van der Waals surface area contributed by atoms with E-state index in [9.17, 15) is 4.79 Å². The zero-order valence-electron chi connectivity index (χ0n) is 21.2. The highest BCUT2D eigenvalue weighted by molar-refractivity contribution is 6.35. The molecule has 10 heteroatoms. The number of amides is 1. The first-order valence-electron chi connectivity index (χ1n) is 12.6. The van der Waals surface area contributed by atoms with Crippen LogP contribution in [0.3, 0.4) is 0 Å². The Balaban J connectivity index is 1.55. The van der Waals surface area contributed by atoms with E-state index in [0.717, 1.165) is 37.9 Å². The molecule has 1 fully saturated rings. The van der Waals surface area contributed by atoms with E-state index < -0.39 is 23.3 Å². The van der Waals surface area contributed by atoms with E-state index in [2.05, 4.69) is 10.5 Å². The molecule has 1 aromatic heterocycles. The van der Waals surface area contributed by atoms with Gasteiger partial charge >= 0.3 is 0 Å². The molecule has 0 atom stereocenters. The van der Waals surface area contributed by atoms with Crippen molar-refractivity contribution >= 4 is 29.1 Å². The number of benzene rings is 3. The van der Waals surface area contributed by atoms with Gasteiger partial charge in [-0.3, -0.25) is 10.2 Å². The Morgan fingerprint density at radius 3 is 2.36 bits per heavy atom. The average molecular weight is 571 g/mol. The Hall–Kier alpha value is -3.46. The highest BCUT2D eigenvalue weighted by atomic mass is 35.5. The van der Waals surface area contributed by atoms with Crippen LogP contribution in [0.5, 0.6) is 5.75 Å². The summed E-state index contributed by atoms with van der Waals surface area (Å²) in [6.45, 7) is 3.17. The Bertz CT molecular complexity index is 1480. The topological polar surface area (TPSA) is 59.4 Å². The molecule has 2 heterocycles. The molecule has 1 amide bonds. The molecule has 0 saturated carbocycles. The Morgan fingerprint density at radius 1 is 1.00 bits per heavy atom. The summed E-state index contributed by atoms with van der Waals surface area (Å²) in [5.41, 5.74) is 5.12. The summed E-state index contributed by atoms with van der Waals surface area (Å²) in [6, 6.07) is 16.2. The van der Waals surface area contributed by atoms with Crippen LogP contribution < -0.4 is 10.2 Å². The van der Waals surface area contributed by atoms with Gasteiger partial charge in [-0.15, -0.1) is 0 Å². The maximum atomic E-state index is 15.2. The van der Waals surface area contributed by atoms with E-state index >= 15 is 8.78 Å². The monoisotopic (exact) mass is 570 g/mol. The molecule has 0 radical (unpaired) electrons. The fourth-order valence-electron chi connectivity index (χ4n) is 4.64. The number of carbonyl (C=O) groups excluding carboxylic acids is 1. The van der Waals surface area contributed by atoms with Gasteiger partial charge in [-0.05, 0) is 55.7 Å². The van der Waals surface area contributed by atoms with Crippen molar-refractivity contribution in [1.29, 1.82) is 0 Å². The van der Waals surface area contributed by atoms with Gasteiger partial charge in [-0.25, -0.2) is 18.5 Å². The number of nitrogens with zero attached hydrogens (tertiary/aromatic N) is 3. The number of aromatic nitrogens is 2. The van der Waals surface area contributed by atoms with Gasteiger partial charge in [0.2, 0.25) is 0 Å². The van der Waals surface area contributed by atoms with E-state index in [0.29, 0.717) is 22.0 Å². The molecular formula is C29H26Cl2F2N4O2. The minimum absolute atomic E-state index is 0.00614. The van der Waals surface area contributed by atoms with E-state index in [1.165, 1.54) is 22.9 Å². The number of ether oxygens (including phenoxy) is 1. The fraction of sp³-hybridized carbons (Fsp3) is 0.241. The maximum absolute atomic E-state index is 15.2. The summed E-state index contributed by atoms with van der Waals surface area (Å²) in [6.07, 6.45) is 3.08. The summed E-state index contributed by atoms with van der Waals surface area (Å²) >= 11 is 12.6. The summed E-state index contributed by atoms with van der Waals surface area (Å²) < 4.78 is 37.4. The van der Waals surface area contributed by atoms with Crippen LogP contribution in [-0.2, 0) is 6.61 Å². The van der Waals surface area contributed by atoms with E-state index in [1.54, 1.807) is 31.2 Å². The summed E-state index contributed by atoms with van der Waals surface area (Å²) in [4.78, 5) is 13.3. The Morgan fingerprint density at radius 2 is 1.69 bits per heavy atom. The largest absolute Gasteiger partial charge is 0.483 e. The van der Waals surface area contributed by atoms with Gasteiger partial charge in [0.25, 0.3) is 5.91 Å². The second-order valence-electron chi connectivity index (χ2n) is 9.36. The van der Waals surface area contributed by atoms with Crippen molar-refractivity contribution in [2.45, 2.75) is 32.8 Å². The van der Waals surface area contributed by atoms with Crippen molar-refractivity contribution in [3.8, 4) is 22.7 Å². The van der Waals surface area contributed by atoms with Gasteiger partial charge in [0, 0.05) is 29.2 Å². The number of hydrogen-bond acceptors (Lipinski definition) is 4. The molecule has 3 aromatic carbocycles. The van der Waals surface area contributed by atoms with Crippen LogP contribution in [0, 0.1) is 18.6 Å². The molecule has 0 spiro atoms. The first-order valence-corrected chi connectivity index (χ1v) is 13.3. The van der Waals surface area contributed by atoms with Gasteiger partial charge in [0.1, 0.15) is 6.61 Å². The number of piperidine rings is 1. The standard InChI is InChI=1S/C29H26Cl2F2N4O2/c1-18-26(29(38)35-36-12-6-3-7-13-36)34-37(25-11-10-21(30)16-22(25)31)27(18)20-14-23(32)28(24(33)15-20)39-17-19-8-4-2-5-9-19/h2,4-5,8-11,14-16H,3,6-7,12-13,17H2,1H3,(H,35,38). The van der Waals surface area contributed by atoms with Crippen LogP contribution in [0.25, 0.3) is 16.9 Å². The number of halogens is 4. The molecule has 1 saturated heterocycles. The quantitative estimate of drug-likeness (QED) is 0.256. The minimum Gasteiger partial charge on any atom is -0.483 e. The predicted octanol–water partition coefficient (Wildman–Crippen LogP) is 7.14. The van der Waals surface area contributed by atoms with Crippen LogP contribution in [0.2, 0.25) is 10.0 Å². The second kappa shape index (κ2) is 11.7. The molecule has 0 unspecified atom stereocenters. The van der Waals surface area contributed by atoms with E-state index in [4.69, 9.17) is 27.9 Å². The lowest BCUT2D eigenvalue weighted by atomic mass is 10.0. The van der Waals surface area contributed by atoms with Crippen LogP contribution >= 0.6 is 23.2 Å². The molecule has 1 aliphatic heterocycles. The highest BCUT2D eigenvalue weighted by Crippen LogP contribution is 2.36. The first kappa shape index (κ1) is 27.1. The molecule has 5 rings (SSSR count). The second-order valence-corrected chi connectivity index (χ2v) is 10.2. The van der Waals surface area contributed by atoms with Crippen molar-refractivity contribution in [2.24, 2.45) is 0 Å².